The molecule has 0 aliphatic rings. The van der Waals surface area contributed by atoms with Crippen molar-refractivity contribution in [3.05, 3.63) is 41.2 Å². The number of aliphatic hydroxyl groups is 1. The zero-order valence-electron chi connectivity index (χ0n) is 12.0. The SMILES string of the molecule is COC(=O)c1ccc(NCc2cn(CCO)nn2)c(C)c1. The molecule has 0 amide bonds. The number of esters is 1. The van der Waals surface area contributed by atoms with Crippen LogP contribution in [-0.4, -0.2) is 39.8 Å². The normalized spacial score (nSPS) is 10.4. The molecule has 0 saturated heterocycles. The summed E-state index contributed by atoms with van der Waals surface area (Å²) in [6.07, 6.45) is 1.78. The Kier molecular flexibility index (Phi) is 4.89. The number of benzene rings is 1. The predicted octanol–water partition coefficient (Wildman–Crippen LogP) is 0.978. The molecule has 7 nitrogen and oxygen atoms in total. The van der Waals surface area contributed by atoms with Crippen molar-refractivity contribution in [2.24, 2.45) is 0 Å². The lowest BCUT2D eigenvalue weighted by Gasteiger charge is -2.09. The maximum atomic E-state index is 11.4. The minimum absolute atomic E-state index is 0.0321. The third kappa shape index (κ3) is 3.79. The average Bonchev–Trinajstić information content (AvgIpc) is 2.93. The number of ether oxygens (including phenoxy) is 1. The first-order valence-electron chi connectivity index (χ1n) is 6.56. The second-order valence-corrected chi connectivity index (χ2v) is 4.57. The first kappa shape index (κ1) is 15.0. The van der Waals surface area contributed by atoms with Gasteiger partial charge < -0.3 is 15.2 Å². The van der Waals surface area contributed by atoms with Gasteiger partial charge in [-0.15, -0.1) is 5.10 Å². The third-order valence-corrected chi connectivity index (χ3v) is 3.02. The van der Waals surface area contributed by atoms with Crippen molar-refractivity contribution >= 4 is 11.7 Å². The number of carbonyl (C=O) groups excluding carboxylic acids is 1. The van der Waals surface area contributed by atoms with Gasteiger partial charge in [0.1, 0.15) is 5.69 Å². The van der Waals surface area contributed by atoms with Gasteiger partial charge in [-0.3, -0.25) is 0 Å². The first-order valence-corrected chi connectivity index (χ1v) is 6.56. The summed E-state index contributed by atoms with van der Waals surface area (Å²) in [5.74, 6) is -0.350. The van der Waals surface area contributed by atoms with Crippen LogP contribution in [0, 0.1) is 6.92 Å². The number of hydrogen-bond donors (Lipinski definition) is 2. The summed E-state index contributed by atoms with van der Waals surface area (Å²) in [6.45, 7) is 2.89. The molecular formula is C14H18N4O3. The fourth-order valence-electron chi connectivity index (χ4n) is 1.92. The van der Waals surface area contributed by atoms with Crippen molar-refractivity contribution in [3.8, 4) is 0 Å². The summed E-state index contributed by atoms with van der Waals surface area (Å²) in [7, 11) is 1.36. The number of nitrogens with zero attached hydrogens (tertiary/aromatic N) is 3. The van der Waals surface area contributed by atoms with E-state index >= 15 is 0 Å². The molecule has 1 aromatic carbocycles. The van der Waals surface area contributed by atoms with Gasteiger partial charge in [0.05, 0.1) is 38.6 Å². The molecule has 0 aliphatic carbocycles. The van der Waals surface area contributed by atoms with Gasteiger partial charge in [-0.05, 0) is 30.7 Å². The second-order valence-electron chi connectivity index (χ2n) is 4.57. The number of methoxy groups -OCH3 is 1. The molecule has 0 aliphatic heterocycles. The van der Waals surface area contributed by atoms with Gasteiger partial charge in [0.15, 0.2) is 0 Å². The van der Waals surface area contributed by atoms with Crippen molar-refractivity contribution in [1.29, 1.82) is 0 Å². The zero-order valence-corrected chi connectivity index (χ0v) is 12.0. The van der Waals surface area contributed by atoms with Gasteiger partial charge in [-0.1, -0.05) is 5.21 Å². The van der Waals surface area contributed by atoms with Gasteiger partial charge >= 0.3 is 5.97 Å². The maximum absolute atomic E-state index is 11.4. The number of carbonyl (C=O) groups is 1. The van der Waals surface area contributed by atoms with E-state index in [1.807, 2.05) is 13.0 Å². The van der Waals surface area contributed by atoms with Crippen LogP contribution in [-0.2, 0) is 17.8 Å². The summed E-state index contributed by atoms with van der Waals surface area (Å²) in [5.41, 5.74) is 3.16. The Morgan fingerprint density at radius 2 is 2.29 bits per heavy atom. The molecule has 0 bridgehead atoms. The molecule has 0 saturated carbocycles. The van der Waals surface area contributed by atoms with E-state index in [1.165, 1.54) is 7.11 Å². The van der Waals surface area contributed by atoms with Gasteiger partial charge in [-0.2, -0.15) is 0 Å². The zero-order chi connectivity index (χ0) is 15.2. The lowest BCUT2D eigenvalue weighted by molar-refractivity contribution is 0.0600. The van der Waals surface area contributed by atoms with E-state index in [0.29, 0.717) is 18.7 Å². The second kappa shape index (κ2) is 6.85. The van der Waals surface area contributed by atoms with Gasteiger partial charge in [0.25, 0.3) is 0 Å². The number of nitrogens with one attached hydrogen (secondary N) is 1. The van der Waals surface area contributed by atoms with Crippen LogP contribution in [0.15, 0.2) is 24.4 Å². The molecular weight excluding hydrogens is 272 g/mol. The standard InChI is InChI=1S/C14H18N4O3/c1-10-7-11(14(20)21-2)3-4-13(10)15-8-12-9-18(5-6-19)17-16-12/h3-4,7,9,15,19H,5-6,8H2,1-2H3. The van der Waals surface area contributed by atoms with Crippen LogP contribution >= 0.6 is 0 Å². The van der Waals surface area contributed by atoms with Crippen molar-refractivity contribution in [1.82, 2.24) is 15.0 Å². The number of rotatable bonds is 6. The van der Waals surface area contributed by atoms with Crippen LogP contribution in [0.1, 0.15) is 21.6 Å². The van der Waals surface area contributed by atoms with Crippen LogP contribution in [0.5, 0.6) is 0 Å². The van der Waals surface area contributed by atoms with Gasteiger partial charge in [0.2, 0.25) is 0 Å². The van der Waals surface area contributed by atoms with Crippen molar-refractivity contribution in [2.45, 2.75) is 20.0 Å². The Morgan fingerprint density at radius 1 is 1.48 bits per heavy atom. The van der Waals surface area contributed by atoms with E-state index < -0.39 is 0 Å². The number of anilines is 1. The Bertz CT molecular complexity index is 624. The van der Waals surface area contributed by atoms with E-state index in [-0.39, 0.29) is 12.6 Å². The fourth-order valence-corrected chi connectivity index (χ4v) is 1.92. The molecule has 0 fully saturated rings. The van der Waals surface area contributed by atoms with Crippen molar-refractivity contribution < 1.29 is 14.6 Å². The fraction of sp³-hybridized carbons (Fsp3) is 0.357. The highest BCUT2D eigenvalue weighted by molar-refractivity contribution is 5.90. The van der Waals surface area contributed by atoms with Crippen LogP contribution in [0.4, 0.5) is 5.69 Å². The topological polar surface area (TPSA) is 89.3 Å². The summed E-state index contributed by atoms with van der Waals surface area (Å²) in [4.78, 5) is 11.4. The minimum Gasteiger partial charge on any atom is -0.465 e. The Hall–Kier alpha value is -2.41. The Morgan fingerprint density at radius 3 is 2.95 bits per heavy atom. The molecule has 0 spiro atoms. The highest BCUT2D eigenvalue weighted by atomic mass is 16.5. The largest absolute Gasteiger partial charge is 0.465 e. The molecule has 0 unspecified atom stereocenters. The van der Waals surface area contributed by atoms with Crippen LogP contribution in [0.25, 0.3) is 0 Å². The first-order chi connectivity index (χ1) is 10.1. The van der Waals surface area contributed by atoms with E-state index in [4.69, 9.17) is 5.11 Å². The Labute approximate surface area is 122 Å². The molecule has 112 valence electrons. The van der Waals surface area contributed by atoms with E-state index in [1.54, 1.807) is 23.0 Å². The maximum Gasteiger partial charge on any atom is 0.337 e. The third-order valence-electron chi connectivity index (χ3n) is 3.02. The van der Waals surface area contributed by atoms with Crippen LogP contribution < -0.4 is 5.32 Å². The average molecular weight is 290 g/mol. The molecule has 0 atom stereocenters. The van der Waals surface area contributed by atoms with Crippen molar-refractivity contribution in [2.75, 3.05) is 19.0 Å². The van der Waals surface area contributed by atoms with Gasteiger partial charge in [0, 0.05) is 5.69 Å². The predicted molar refractivity (Wildman–Crippen MR) is 77.0 cm³/mol. The lowest BCUT2D eigenvalue weighted by atomic mass is 10.1. The van der Waals surface area contributed by atoms with Gasteiger partial charge in [-0.25, -0.2) is 9.48 Å². The number of aromatic nitrogens is 3. The monoisotopic (exact) mass is 290 g/mol. The van der Waals surface area contributed by atoms with Crippen LogP contribution in [0.3, 0.4) is 0 Å². The molecule has 2 N–H and O–H groups in total. The van der Waals surface area contributed by atoms with E-state index in [2.05, 4.69) is 20.4 Å². The summed E-state index contributed by atoms with van der Waals surface area (Å²) >= 11 is 0. The minimum atomic E-state index is -0.350. The summed E-state index contributed by atoms with van der Waals surface area (Å²) < 4.78 is 6.27. The lowest BCUT2D eigenvalue weighted by Crippen LogP contribution is -2.05. The molecule has 0 radical (unpaired) electrons. The molecule has 21 heavy (non-hydrogen) atoms. The molecule has 1 aromatic heterocycles. The summed E-state index contributed by atoms with van der Waals surface area (Å²) in [6, 6.07) is 5.32. The number of hydrogen-bond acceptors (Lipinski definition) is 6. The smallest absolute Gasteiger partial charge is 0.337 e. The van der Waals surface area contributed by atoms with Crippen molar-refractivity contribution in [3.63, 3.8) is 0 Å². The Balaban J connectivity index is 2.00. The molecule has 7 heteroatoms. The van der Waals surface area contributed by atoms with E-state index in [9.17, 15) is 4.79 Å². The number of aryl methyl sites for hydroxylation is 1. The molecule has 2 rings (SSSR count). The highest BCUT2D eigenvalue weighted by Crippen LogP contribution is 2.17. The highest BCUT2D eigenvalue weighted by Gasteiger charge is 2.08. The van der Waals surface area contributed by atoms with Crippen LogP contribution in [0.2, 0.25) is 0 Å². The quantitative estimate of drug-likeness (QED) is 0.771. The summed E-state index contributed by atoms with van der Waals surface area (Å²) in [5, 5.41) is 20.0. The number of aliphatic hydroxyl groups excluding tert-OH is 1. The van der Waals surface area contributed by atoms with E-state index in [0.717, 1.165) is 16.9 Å². The molecule has 2 aromatic rings. The molecule has 1 heterocycles.